The topological polar surface area (TPSA) is 38.3 Å². The summed E-state index contributed by atoms with van der Waals surface area (Å²) in [4.78, 5) is 12.3. The lowest BCUT2D eigenvalue weighted by molar-refractivity contribution is -0.128. The van der Waals surface area contributed by atoms with E-state index in [0.29, 0.717) is 12.0 Å². The highest BCUT2D eigenvalue weighted by molar-refractivity contribution is 5.79. The lowest BCUT2D eigenvalue weighted by atomic mass is 9.97. The van der Waals surface area contributed by atoms with Crippen molar-refractivity contribution < 1.29 is 9.53 Å². The minimum absolute atomic E-state index is 0.173. The number of hydrogen-bond donors (Lipinski definition) is 1. The van der Waals surface area contributed by atoms with Crippen LogP contribution in [0.2, 0.25) is 0 Å². The highest BCUT2D eigenvalue weighted by atomic mass is 16.5. The van der Waals surface area contributed by atoms with Gasteiger partial charge in [0.2, 0.25) is 5.91 Å². The Hall–Kier alpha value is -1.35. The number of carbonyl (C=O) groups excluding carboxylic acids is 1. The molecule has 1 N–H and O–H groups in total. The van der Waals surface area contributed by atoms with E-state index in [1.165, 1.54) is 12.0 Å². The third-order valence-electron chi connectivity index (χ3n) is 4.85. The Morgan fingerprint density at radius 1 is 1.10 bits per heavy atom. The number of carbonyl (C=O) groups is 1. The van der Waals surface area contributed by atoms with Crippen LogP contribution in [0, 0.1) is 11.8 Å². The zero-order chi connectivity index (χ0) is 14.5. The monoisotopic (exact) mass is 287 g/mol. The molecule has 21 heavy (non-hydrogen) atoms. The van der Waals surface area contributed by atoms with E-state index in [9.17, 15) is 4.79 Å². The quantitative estimate of drug-likeness (QED) is 0.924. The molecule has 114 valence electrons. The standard InChI is InChI=1S/C18H25NO2/c20-18(16-8-10-21-11-9-16)19-17-7-6-15(13-17)12-14-4-2-1-3-5-14/h1-5,15-17H,6-13H2,(H,19,20)/t15-,17-/m1/s1. The average Bonchev–Trinajstić information content (AvgIpc) is 2.96. The van der Waals surface area contributed by atoms with Gasteiger partial charge < -0.3 is 10.1 Å². The normalized spacial score (nSPS) is 26.7. The van der Waals surface area contributed by atoms with Crippen molar-refractivity contribution in [2.24, 2.45) is 11.8 Å². The minimum Gasteiger partial charge on any atom is -0.381 e. The molecular formula is C18H25NO2. The van der Waals surface area contributed by atoms with E-state index in [1.807, 2.05) is 0 Å². The first-order chi connectivity index (χ1) is 10.3. The Balaban J connectivity index is 1.45. The van der Waals surface area contributed by atoms with Gasteiger partial charge in [0, 0.05) is 25.2 Å². The van der Waals surface area contributed by atoms with Crippen LogP contribution in [0.15, 0.2) is 30.3 Å². The van der Waals surface area contributed by atoms with E-state index < -0.39 is 0 Å². The molecule has 0 spiro atoms. The van der Waals surface area contributed by atoms with E-state index in [0.717, 1.165) is 45.3 Å². The molecule has 1 saturated carbocycles. The molecule has 3 heteroatoms. The zero-order valence-electron chi connectivity index (χ0n) is 12.6. The highest BCUT2D eigenvalue weighted by Gasteiger charge is 2.29. The van der Waals surface area contributed by atoms with Gasteiger partial charge in [-0.2, -0.15) is 0 Å². The van der Waals surface area contributed by atoms with E-state index in [-0.39, 0.29) is 11.8 Å². The van der Waals surface area contributed by atoms with Crippen LogP contribution in [0.1, 0.15) is 37.7 Å². The predicted octanol–water partition coefficient (Wildman–Crippen LogP) is 2.94. The SMILES string of the molecule is O=C(N[C@@H]1CC[C@H](Cc2ccccc2)C1)C1CCOCC1. The summed E-state index contributed by atoms with van der Waals surface area (Å²) in [6, 6.07) is 11.1. The van der Waals surface area contributed by atoms with Crippen molar-refractivity contribution in [1.82, 2.24) is 5.32 Å². The molecule has 1 aromatic rings. The molecule has 3 rings (SSSR count). The van der Waals surface area contributed by atoms with Gasteiger partial charge in [-0.3, -0.25) is 4.79 Å². The number of amides is 1. The van der Waals surface area contributed by atoms with Crippen LogP contribution in [0.25, 0.3) is 0 Å². The number of rotatable bonds is 4. The molecule has 1 aliphatic heterocycles. The zero-order valence-corrected chi connectivity index (χ0v) is 12.6. The summed E-state index contributed by atoms with van der Waals surface area (Å²) < 4.78 is 5.32. The van der Waals surface area contributed by atoms with Gasteiger partial charge in [-0.05, 0) is 50.0 Å². The molecule has 1 aliphatic carbocycles. The molecule has 1 saturated heterocycles. The Kier molecular flexibility index (Phi) is 4.91. The summed E-state index contributed by atoms with van der Waals surface area (Å²) in [7, 11) is 0. The van der Waals surface area contributed by atoms with Gasteiger partial charge in [0.15, 0.2) is 0 Å². The maximum Gasteiger partial charge on any atom is 0.223 e. The first-order valence-corrected chi connectivity index (χ1v) is 8.23. The Labute approximate surface area is 127 Å². The second-order valence-corrected chi connectivity index (χ2v) is 6.46. The summed E-state index contributed by atoms with van der Waals surface area (Å²) >= 11 is 0. The summed E-state index contributed by atoms with van der Waals surface area (Å²) in [6.45, 7) is 1.47. The van der Waals surface area contributed by atoms with Crippen molar-refractivity contribution in [1.29, 1.82) is 0 Å². The molecule has 2 fully saturated rings. The molecule has 1 amide bonds. The molecule has 0 radical (unpaired) electrons. The number of ether oxygens (including phenoxy) is 1. The van der Waals surface area contributed by atoms with Crippen LogP contribution in [0.5, 0.6) is 0 Å². The molecule has 2 aliphatic rings. The van der Waals surface area contributed by atoms with Gasteiger partial charge in [0.1, 0.15) is 0 Å². The van der Waals surface area contributed by atoms with Crippen LogP contribution in [0.4, 0.5) is 0 Å². The Morgan fingerprint density at radius 2 is 1.86 bits per heavy atom. The van der Waals surface area contributed by atoms with Crippen molar-refractivity contribution in [2.75, 3.05) is 13.2 Å². The van der Waals surface area contributed by atoms with E-state index in [2.05, 4.69) is 35.6 Å². The van der Waals surface area contributed by atoms with Crippen molar-refractivity contribution in [2.45, 2.75) is 44.6 Å². The fourth-order valence-electron chi connectivity index (χ4n) is 3.62. The smallest absolute Gasteiger partial charge is 0.223 e. The van der Waals surface area contributed by atoms with Gasteiger partial charge in [-0.25, -0.2) is 0 Å². The van der Waals surface area contributed by atoms with Gasteiger partial charge in [0.25, 0.3) is 0 Å². The Bertz CT molecular complexity index is 454. The first kappa shape index (κ1) is 14.6. The summed E-state index contributed by atoms with van der Waals surface area (Å²) in [5.41, 5.74) is 1.42. The van der Waals surface area contributed by atoms with Crippen LogP contribution in [0.3, 0.4) is 0 Å². The first-order valence-electron chi connectivity index (χ1n) is 8.23. The lowest BCUT2D eigenvalue weighted by Crippen LogP contribution is -2.39. The molecule has 1 heterocycles. The van der Waals surface area contributed by atoms with Crippen molar-refractivity contribution in [3.05, 3.63) is 35.9 Å². The van der Waals surface area contributed by atoms with Gasteiger partial charge >= 0.3 is 0 Å². The molecule has 1 aromatic carbocycles. The third kappa shape index (κ3) is 4.07. The lowest BCUT2D eigenvalue weighted by Gasteiger charge is -2.23. The largest absolute Gasteiger partial charge is 0.381 e. The van der Waals surface area contributed by atoms with E-state index in [1.54, 1.807) is 0 Å². The van der Waals surface area contributed by atoms with E-state index in [4.69, 9.17) is 4.74 Å². The minimum atomic E-state index is 0.173. The maximum atomic E-state index is 12.3. The molecule has 2 atom stereocenters. The number of hydrogen-bond acceptors (Lipinski definition) is 2. The third-order valence-corrected chi connectivity index (χ3v) is 4.85. The molecule has 0 bridgehead atoms. The van der Waals surface area contributed by atoms with E-state index >= 15 is 0 Å². The molecule has 3 nitrogen and oxygen atoms in total. The van der Waals surface area contributed by atoms with Crippen LogP contribution in [-0.2, 0) is 16.0 Å². The second-order valence-electron chi connectivity index (χ2n) is 6.46. The van der Waals surface area contributed by atoms with Crippen LogP contribution in [-0.4, -0.2) is 25.2 Å². The fourth-order valence-corrected chi connectivity index (χ4v) is 3.62. The maximum absolute atomic E-state index is 12.3. The van der Waals surface area contributed by atoms with Gasteiger partial charge in [-0.1, -0.05) is 30.3 Å². The molecular weight excluding hydrogens is 262 g/mol. The second kappa shape index (κ2) is 7.08. The summed E-state index contributed by atoms with van der Waals surface area (Å²) in [5.74, 6) is 1.14. The van der Waals surface area contributed by atoms with Gasteiger partial charge in [0.05, 0.1) is 0 Å². The molecule has 0 unspecified atom stereocenters. The summed E-state index contributed by atoms with van der Waals surface area (Å²) in [5, 5.41) is 3.27. The molecule has 0 aromatic heterocycles. The van der Waals surface area contributed by atoms with Crippen molar-refractivity contribution >= 4 is 5.91 Å². The average molecular weight is 287 g/mol. The fraction of sp³-hybridized carbons (Fsp3) is 0.611. The van der Waals surface area contributed by atoms with Gasteiger partial charge in [-0.15, -0.1) is 0 Å². The predicted molar refractivity (Wildman–Crippen MR) is 83.0 cm³/mol. The number of nitrogens with one attached hydrogen (secondary N) is 1. The Morgan fingerprint density at radius 3 is 2.62 bits per heavy atom. The van der Waals surface area contributed by atoms with Crippen LogP contribution < -0.4 is 5.32 Å². The van der Waals surface area contributed by atoms with Crippen molar-refractivity contribution in [3.8, 4) is 0 Å². The summed E-state index contributed by atoms with van der Waals surface area (Å²) in [6.07, 6.45) is 6.40. The highest BCUT2D eigenvalue weighted by Crippen LogP contribution is 2.29. The number of benzene rings is 1. The van der Waals surface area contributed by atoms with Crippen LogP contribution >= 0.6 is 0 Å². The van der Waals surface area contributed by atoms with Crippen molar-refractivity contribution in [3.63, 3.8) is 0 Å².